The molecule has 0 bridgehead atoms. The van der Waals surface area contributed by atoms with Gasteiger partial charge in [0.2, 0.25) is 0 Å². The molecule has 0 aliphatic heterocycles. The van der Waals surface area contributed by atoms with Gasteiger partial charge in [-0.05, 0) is 13.3 Å². The van der Waals surface area contributed by atoms with Gasteiger partial charge in [-0.1, -0.05) is 45.4 Å². The van der Waals surface area contributed by atoms with E-state index < -0.39 is 11.1 Å². The van der Waals surface area contributed by atoms with Crippen LogP contribution in [0.15, 0.2) is 0 Å². The van der Waals surface area contributed by atoms with Crippen LogP contribution >= 0.6 is 0 Å². The maximum atomic E-state index is 11.8. The molecule has 0 aliphatic rings. The van der Waals surface area contributed by atoms with Crippen LogP contribution in [0.4, 0.5) is 0 Å². The Labute approximate surface area is 161 Å². The number of carbonyl (C=O) groups excluding carboxylic acids is 3. The van der Waals surface area contributed by atoms with Gasteiger partial charge in [0.25, 0.3) is 0 Å². The average molecular weight is 389 g/mol. The van der Waals surface area contributed by atoms with Crippen LogP contribution in [0.3, 0.4) is 0 Å². The van der Waals surface area contributed by atoms with Crippen molar-refractivity contribution in [3.05, 3.63) is 0 Å². The third kappa shape index (κ3) is 16.6. The SMILES string of the molecule is CCCCCCCCCC(=O)CCC(=O)CCC(=O)CCS(=O)OCC. The van der Waals surface area contributed by atoms with Crippen LogP contribution in [0.2, 0.25) is 0 Å². The van der Waals surface area contributed by atoms with E-state index in [9.17, 15) is 18.6 Å². The Kier molecular flexibility index (Phi) is 16.9. The topological polar surface area (TPSA) is 77.5 Å². The van der Waals surface area contributed by atoms with Crippen molar-refractivity contribution in [3.63, 3.8) is 0 Å². The fourth-order valence-corrected chi connectivity index (χ4v) is 3.37. The summed E-state index contributed by atoms with van der Waals surface area (Å²) in [5.41, 5.74) is 0. The van der Waals surface area contributed by atoms with E-state index in [1.54, 1.807) is 6.92 Å². The van der Waals surface area contributed by atoms with Crippen molar-refractivity contribution in [1.29, 1.82) is 0 Å². The van der Waals surface area contributed by atoms with Gasteiger partial charge in [-0.15, -0.1) is 0 Å². The number of hydrogen-bond acceptors (Lipinski definition) is 5. The fraction of sp³-hybridized carbons (Fsp3) is 0.850. The molecule has 0 aromatic rings. The molecular formula is C20H36O5S. The minimum absolute atomic E-state index is 0.0443. The zero-order valence-electron chi connectivity index (χ0n) is 16.6. The highest BCUT2D eigenvalue weighted by Gasteiger charge is 2.11. The van der Waals surface area contributed by atoms with Crippen molar-refractivity contribution in [3.8, 4) is 0 Å². The molecule has 0 N–H and O–H groups in total. The van der Waals surface area contributed by atoms with Gasteiger partial charge in [0.15, 0.2) is 11.1 Å². The molecule has 6 heteroatoms. The zero-order chi connectivity index (χ0) is 19.6. The first-order valence-corrected chi connectivity index (χ1v) is 11.3. The van der Waals surface area contributed by atoms with Gasteiger partial charge in [-0.3, -0.25) is 18.6 Å². The minimum atomic E-state index is -1.42. The molecule has 26 heavy (non-hydrogen) atoms. The standard InChI is InChI=1S/C20H36O5S/c1-3-5-6-7-8-9-10-11-18(21)12-13-19(22)14-15-20(23)16-17-26(24)25-4-2/h3-17H2,1-2H3. The molecule has 0 spiro atoms. The van der Waals surface area contributed by atoms with E-state index in [0.29, 0.717) is 13.0 Å². The summed E-state index contributed by atoms with van der Waals surface area (Å²) in [5.74, 6) is 0.195. The molecule has 0 amide bonds. The summed E-state index contributed by atoms with van der Waals surface area (Å²) in [6, 6.07) is 0. The van der Waals surface area contributed by atoms with Gasteiger partial charge in [0.05, 0.1) is 12.4 Å². The number of hydrogen-bond donors (Lipinski definition) is 0. The van der Waals surface area contributed by atoms with Crippen molar-refractivity contribution in [2.75, 3.05) is 12.4 Å². The first-order valence-electron chi connectivity index (χ1n) is 10.1. The summed E-state index contributed by atoms with van der Waals surface area (Å²) in [6.07, 6.45) is 9.80. The summed E-state index contributed by atoms with van der Waals surface area (Å²) in [4.78, 5) is 35.2. The van der Waals surface area contributed by atoms with E-state index in [-0.39, 0.29) is 55.2 Å². The Balaban J connectivity index is 3.61. The van der Waals surface area contributed by atoms with Gasteiger partial charge in [0.1, 0.15) is 17.3 Å². The largest absolute Gasteiger partial charge is 0.300 e. The molecule has 0 aliphatic carbocycles. The highest BCUT2D eigenvalue weighted by molar-refractivity contribution is 7.80. The summed E-state index contributed by atoms with van der Waals surface area (Å²) in [5, 5.41) is 0. The molecule has 0 heterocycles. The molecule has 1 unspecified atom stereocenters. The van der Waals surface area contributed by atoms with E-state index in [1.165, 1.54) is 32.1 Å². The Morgan fingerprint density at radius 1 is 0.654 bits per heavy atom. The normalized spacial score (nSPS) is 12.1. The fourth-order valence-electron chi connectivity index (χ4n) is 2.60. The summed E-state index contributed by atoms with van der Waals surface area (Å²) >= 11 is -1.42. The number of rotatable bonds is 19. The molecule has 152 valence electrons. The second-order valence-electron chi connectivity index (χ2n) is 6.65. The van der Waals surface area contributed by atoms with E-state index in [4.69, 9.17) is 4.18 Å². The highest BCUT2D eigenvalue weighted by atomic mass is 32.2. The molecule has 0 saturated heterocycles. The Morgan fingerprint density at radius 2 is 1.12 bits per heavy atom. The molecule has 5 nitrogen and oxygen atoms in total. The summed E-state index contributed by atoms with van der Waals surface area (Å²) in [6.45, 7) is 4.29. The average Bonchev–Trinajstić information content (AvgIpc) is 2.62. The summed E-state index contributed by atoms with van der Waals surface area (Å²) in [7, 11) is 0. The molecule has 0 radical (unpaired) electrons. The lowest BCUT2D eigenvalue weighted by Crippen LogP contribution is -2.10. The van der Waals surface area contributed by atoms with Crippen molar-refractivity contribution in [1.82, 2.24) is 0 Å². The van der Waals surface area contributed by atoms with Gasteiger partial charge in [-0.25, -0.2) is 4.21 Å². The van der Waals surface area contributed by atoms with Crippen LogP contribution in [0.25, 0.3) is 0 Å². The lowest BCUT2D eigenvalue weighted by molar-refractivity contribution is -0.126. The number of carbonyl (C=O) groups is 3. The monoisotopic (exact) mass is 388 g/mol. The molecule has 1 atom stereocenters. The van der Waals surface area contributed by atoms with Crippen molar-refractivity contribution in [2.45, 2.75) is 97.3 Å². The first-order chi connectivity index (χ1) is 12.5. The zero-order valence-corrected chi connectivity index (χ0v) is 17.4. The van der Waals surface area contributed by atoms with Crippen LogP contribution in [0.5, 0.6) is 0 Å². The maximum Gasteiger partial charge on any atom is 0.155 e. The van der Waals surface area contributed by atoms with Crippen LogP contribution in [0.1, 0.15) is 97.3 Å². The Bertz CT molecular complexity index is 434. The second kappa shape index (κ2) is 17.5. The predicted molar refractivity (Wildman–Crippen MR) is 105 cm³/mol. The molecular weight excluding hydrogens is 352 g/mol. The van der Waals surface area contributed by atoms with E-state index in [0.717, 1.165) is 12.8 Å². The maximum absolute atomic E-state index is 11.8. The van der Waals surface area contributed by atoms with Crippen LogP contribution < -0.4 is 0 Å². The number of ketones is 3. The van der Waals surface area contributed by atoms with Crippen LogP contribution in [0, 0.1) is 0 Å². The van der Waals surface area contributed by atoms with Crippen molar-refractivity contribution >= 4 is 28.4 Å². The predicted octanol–water partition coefficient (Wildman–Crippen LogP) is 4.49. The number of unbranched alkanes of at least 4 members (excludes halogenated alkanes) is 6. The number of Topliss-reactive ketones (excluding diaryl/α,β-unsaturated/α-hetero) is 3. The third-order valence-corrected chi connectivity index (χ3v) is 5.26. The van der Waals surface area contributed by atoms with Gasteiger partial charge in [-0.2, -0.15) is 0 Å². The molecule has 0 saturated carbocycles. The van der Waals surface area contributed by atoms with Crippen LogP contribution in [-0.2, 0) is 29.6 Å². The van der Waals surface area contributed by atoms with Gasteiger partial charge in [0, 0.05) is 38.5 Å². The third-order valence-electron chi connectivity index (χ3n) is 4.22. The summed E-state index contributed by atoms with van der Waals surface area (Å²) < 4.78 is 16.1. The van der Waals surface area contributed by atoms with Crippen LogP contribution in [-0.4, -0.2) is 33.9 Å². The Morgan fingerprint density at radius 3 is 1.65 bits per heavy atom. The lowest BCUT2D eigenvalue weighted by Gasteiger charge is -2.03. The van der Waals surface area contributed by atoms with E-state index >= 15 is 0 Å². The molecule has 0 rings (SSSR count). The van der Waals surface area contributed by atoms with Crippen molar-refractivity contribution < 1.29 is 22.8 Å². The van der Waals surface area contributed by atoms with Gasteiger partial charge >= 0.3 is 0 Å². The molecule has 0 aromatic heterocycles. The quantitative estimate of drug-likeness (QED) is 0.305. The first kappa shape index (κ1) is 25.1. The smallest absolute Gasteiger partial charge is 0.155 e. The highest BCUT2D eigenvalue weighted by Crippen LogP contribution is 2.10. The van der Waals surface area contributed by atoms with E-state index in [1.807, 2.05) is 0 Å². The van der Waals surface area contributed by atoms with Crippen molar-refractivity contribution in [2.24, 2.45) is 0 Å². The van der Waals surface area contributed by atoms with E-state index in [2.05, 4.69) is 6.92 Å². The van der Waals surface area contributed by atoms with Gasteiger partial charge < -0.3 is 0 Å². The lowest BCUT2D eigenvalue weighted by atomic mass is 10.0. The minimum Gasteiger partial charge on any atom is -0.300 e. The second-order valence-corrected chi connectivity index (χ2v) is 7.90. The molecule has 0 aromatic carbocycles. The Hall–Kier alpha value is -0.880. The molecule has 0 fully saturated rings.